The van der Waals surface area contributed by atoms with Gasteiger partial charge in [-0.05, 0) is 40.5 Å². The minimum Gasteiger partial charge on any atom is -0.495 e. The molecule has 164 valence electrons. The van der Waals surface area contributed by atoms with Gasteiger partial charge >= 0.3 is 0 Å². The molecule has 2 rings (SSSR count). The van der Waals surface area contributed by atoms with Crippen LogP contribution in [0.5, 0.6) is 5.75 Å². The van der Waals surface area contributed by atoms with Crippen LogP contribution in [0.2, 0.25) is 0 Å². The van der Waals surface area contributed by atoms with Crippen molar-refractivity contribution < 1.29 is 18.1 Å². The summed E-state index contributed by atoms with van der Waals surface area (Å²) in [5, 5.41) is 11.2. The first-order chi connectivity index (χ1) is 13.9. The van der Waals surface area contributed by atoms with E-state index in [-0.39, 0.29) is 39.8 Å². The zero-order valence-corrected chi connectivity index (χ0v) is 19.3. The Morgan fingerprint density at radius 3 is 1.87 bits per heavy atom. The number of nitro benzene ring substituents is 1. The first-order valence-corrected chi connectivity index (χ1v) is 11.4. The molecule has 7 nitrogen and oxygen atoms in total. The molecular formula is C22H30N2O5S. The third kappa shape index (κ3) is 4.92. The van der Waals surface area contributed by atoms with Crippen molar-refractivity contribution >= 4 is 21.4 Å². The summed E-state index contributed by atoms with van der Waals surface area (Å²) < 4.78 is 34.8. The lowest BCUT2D eigenvalue weighted by Gasteiger charge is -2.23. The van der Waals surface area contributed by atoms with Crippen molar-refractivity contribution in [2.24, 2.45) is 0 Å². The molecular weight excluding hydrogens is 404 g/mol. The monoisotopic (exact) mass is 434 g/mol. The topological polar surface area (TPSA) is 98.5 Å². The summed E-state index contributed by atoms with van der Waals surface area (Å²) >= 11 is 0. The average Bonchev–Trinajstić information content (AvgIpc) is 2.66. The molecule has 0 bridgehead atoms. The van der Waals surface area contributed by atoms with E-state index in [2.05, 4.69) is 18.6 Å². The fraction of sp³-hybridized carbons (Fsp3) is 0.455. The highest BCUT2D eigenvalue weighted by Crippen LogP contribution is 2.37. The number of nitrogens with one attached hydrogen (secondary N) is 1. The minimum absolute atomic E-state index is 0.0280. The number of nitro groups is 1. The van der Waals surface area contributed by atoms with Crippen molar-refractivity contribution in [1.82, 2.24) is 0 Å². The summed E-state index contributed by atoms with van der Waals surface area (Å²) in [5.74, 6) is 0.404. The van der Waals surface area contributed by atoms with Gasteiger partial charge in [0.15, 0.2) is 0 Å². The summed E-state index contributed by atoms with van der Waals surface area (Å²) in [6.07, 6.45) is 0. The Labute approximate surface area is 178 Å². The van der Waals surface area contributed by atoms with Crippen molar-refractivity contribution in [2.75, 3.05) is 11.8 Å². The summed E-state index contributed by atoms with van der Waals surface area (Å²) in [6, 6.07) is 7.71. The van der Waals surface area contributed by atoms with Crippen molar-refractivity contribution in [2.45, 2.75) is 64.2 Å². The van der Waals surface area contributed by atoms with E-state index >= 15 is 0 Å². The van der Waals surface area contributed by atoms with E-state index in [1.807, 2.05) is 39.8 Å². The number of sulfonamides is 1. The second-order valence-corrected chi connectivity index (χ2v) is 9.86. The number of hydrogen-bond acceptors (Lipinski definition) is 5. The van der Waals surface area contributed by atoms with Crippen LogP contribution in [0.15, 0.2) is 35.2 Å². The van der Waals surface area contributed by atoms with Crippen LogP contribution >= 0.6 is 0 Å². The number of non-ortho nitro benzene ring substituents is 1. The van der Waals surface area contributed by atoms with Gasteiger partial charge in [0.25, 0.3) is 15.7 Å². The Hall–Kier alpha value is -2.61. The van der Waals surface area contributed by atoms with Gasteiger partial charge < -0.3 is 4.74 Å². The fourth-order valence-corrected chi connectivity index (χ4v) is 5.05. The lowest BCUT2D eigenvalue weighted by Crippen LogP contribution is -2.19. The second kappa shape index (κ2) is 9.04. The average molecular weight is 435 g/mol. The van der Waals surface area contributed by atoms with E-state index in [1.54, 1.807) is 0 Å². The Morgan fingerprint density at radius 1 is 0.933 bits per heavy atom. The molecule has 0 saturated carbocycles. The Bertz CT molecular complexity index is 1010. The molecule has 0 saturated heterocycles. The van der Waals surface area contributed by atoms with Crippen LogP contribution in [0.25, 0.3) is 0 Å². The van der Waals surface area contributed by atoms with E-state index in [9.17, 15) is 18.5 Å². The molecule has 0 aliphatic rings. The van der Waals surface area contributed by atoms with E-state index in [1.165, 1.54) is 25.3 Å². The predicted octanol–water partition coefficient (Wildman–Crippen LogP) is 5.77. The number of methoxy groups -OCH3 is 1. The van der Waals surface area contributed by atoms with Gasteiger partial charge in [-0.3, -0.25) is 14.8 Å². The number of hydrogen-bond donors (Lipinski definition) is 1. The lowest BCUT2D eigenvalue weighted by atomic mass is 9.89. The maximum atomic E-state index is 13.5. The molecule has 0 aromatic heterocycles. The van der Waals surface area contributed by atoms with Crippen LogP contribution in [0.1, 0.15) is 76.0 Å². The highest BCUT2D eigenvalue weighted by Gasteiger charge is 2.28. The molecule has 0 aliphatic heterocycles. The third-order valence-corrected chi connectivity index (χ3v) is 6.48. The molecule has 2 aromatic carbocycles. The van der Waals surface area contributed by atoms with Crippen LogP contribution < -0.4 is 9.46 Å². The Morgan fingerprint density at radius 2 is 1.47 bits per heavy atom. The summed E-state index contributed by atoms with van der Waals surface area (Å²) in [5.41, 5.74) is 2.33. The maximum Gasteiger partial charge on any atom is 0.271 e. The molecule has 1 N–H and O–H groups in total. The Balaban J connectivity index is 2.74. The largest absolute Gasteiger partial charge is 0.495 e. The summed E-state index contributed by atoms with van der Waals surface area (Å²) in [7, 11) is -2.65. The SMILES string of the molecule is COc1ccc([N+](=O)[O-])cc1NS(=O)(=O)c1c(C(C)C)cc(C(C)C)cc1C(C)C. The van der Waals surface area contributed by atoms with Gasteiger partial charge in [-0.25, -0.2) is 8.42 Å². The van der Waals surface area contributed by atoms with Crippen molar-refractivity contribution in [1.29, 1.82) is 0 Å². The Kier molecular flexibility index (Phi) is 7.13. The predicted molar refractivity (Wildman–Crippen MR) is 119 cm³/mol. The summed E-state index contributed by atoms with van der Waals surface area (Å²) in [4.78, 5) is 10.8. The van der Waals surface area contributed by atoms with E-state index in [4.69, 9.17) is 4.74 Å². The first kappa shape index (κ1) is 23.7. The van der Waals surface area contributed by atoms with Crippen LogP contribution in [0.3, 0.4) is 0 Å². The highest BCUT2D eigenvalue weighted by atomic mass is 32.2. The molecule has 0 atom stereocenters. The lowest BCUT2D eigenvalue weighted by molar-refractivity contribution is -0.384. The van der Waals surface area contributed by atoms with Gasteiger partial charge in [0.1, 0.15) is 5.75 Å². The number of nitrogens with zero attached hydrogens (tertiary/aromatic N) is 1. The van der Waals surface area contributed by atoms with Crippen LogP contribution in [0, 0.1) is 10.1 Å². The number of rotatable bonds is 8. The minimum atomic E-state index is -4.03. The molecule has 0 radical (unpaired) electrons. The van der Waals surface area contributed by atoms with E-state index < -0.39 is 14.9 Å². The third-order valence-electron chi connectivity index (χ3n) is 4.99. The van der Waals surface area contributed by atoms with Gasteiger partial charge in [-0.1, -0.05) is 53.7 Å². The van der Waals surface area contributed by atoms with Crippen molar-refractivity contribution in [3.63, 3.8) is 0 Å². The number of benzene rings is 2. The fourth-order valence-electron chi connectivity index (χ4n) is 3.28. The maximum absolute atomic E-state index is 13.5. The second-order valence-electron chi connectivity index (χ2n) is 8.24. The van der Waals surface area contributed by atoms with Crippen molar-refractivity contribution in [3.05, 3.63) is 57.1 Å². The van der Waals surface area contributed by atoms with Gasteiger partial charge in [-0.15, -0.1) is 0 Å². The number of anilines is 1. The molecule has 0 heterocycles. The molecule has 8 heteroatoms. The van der Waals surface area contributed by atoms with Gasteiger partial charge in [0.05, 0.1) is 22.6 Å². The molecule has 0 amide bonds. The van der Waals surface area contributed by atoms with Crippen molar-refractivity contribution in [3.8, 4) is 5.75 Å². The van der Waals surface area contributed by atoms with E-state index in [0.717, 1.165) is 16.7 Å². The van der Waals surface area contributed by atoms with Gasteiger partial charge in [0, 0.05) is 12.1 Å². The molecule has 0 unspecified atom stereocenters. The molecule has 0 spiro atoms. The van der Waals surface area contributed by atoms with Gasteiger partial charge in [0.2, 0.25) is 0 Å². The highest BCUT2D eigenvalue weighted by molar-refractivity contribution is 7.92. The zero-order valence-electron chi connectivity index (χ0n) is 18.5. The molecule has 2 aromatic rings. The molecule has 0 fully saturated rings. The molecule has 0 aliphatic carbocycles. The summed E-state index contributed by atoms with van der Waals surface area (Å²) in [6.45, 7) is 12.0. The van der Waals surface area contributed by atoms with Gasteiger partial charge in [-0.2, -0.15) is 0 Å². The zero-order chi connectivity index (χ0) is 22.8. The number of ether oxygens (including phenoxy) is 1. The quantitative estimate of drug-likeness (QED) is 0.420. The van der Waals surface area contributed by atoms with Crippen LogP contribution in [-0.2, 0) is 10.0 Å². The van der Waals surface area contributed by atoms with E-state index in [0.29, 0.717) is 0 Å². The normalized spacial score (nSPS) is 11.9. The van der Waals surface area contributed by atoms with Crippen LogP contribution in [0.4, 0.5) is 11.4 Å². The smallest absolute Gasteiger partial charge is 0.271 e. The van der Waals surface area contributed by atoms with Crippen LogP contribution in [-0.4, -0.2) is 20.5 Å². The molecule has 30 heavy (non-hydrogen) atoms. The standard InChI is InChI=1S/C22H30N2O5S/c1-13(2)16-10-18(14(3)4)22(19(11-16)15(5)6)30(27,28)23-20-12-17(24(25)26)8-9-21(20)29-7/h8-15,23H,1-7H3. The first-order valence-electron chi connectivity index (χ1n) is 9.92.